The second kappa shape index (κ2) is 6.70. The molecule has 1 fully saturated rings. The van der Waals surface area contributed by atoms with Crippen molar-refractivity contribution in [2.75, 3.05) is 36.8 Å². The van der Waals surface area contributed by atoms with Crippen molar-refractivity contribution in [2.45, 2.75) is 39.7 Å². The van der Waals surface area contributed by atoms with Gasteiger partial charge in [-0.25, -0.2) is 4.98 Å². The third kappa shape index (κ3) is 4.06. The van der Waals surface area contributed by atoms with E-state index in [0.717, 1.165) is 43.6 Å². The predicted molar refractivity (Wildman–Crippen MR) is 79.7 cm³/mol. The summed E-state index contributed by atoms with van der Waals surface area (Å²) in [5.74, 6) is 1.64. The lowest BCUT2D eigenvalue weighted by atomic mass is 10.3. The molecule has 0 unspecified atom stereocenters. The molecule has 0 saturated heterocycles. The van der Waals surface area contributed by atoms with Crippen molar-refractivity contribution in [3.05, 3.63) is 11.8 Å². The van der Waals surface area contributed by atoms with E-state index in [0.29, 0.717) is 5.95 Å². The molecule has 1 aliphatic carbocycles. The highest BCUT2D eigenvalue weighted by atomic mass is 15.2. The first-order valence-electron chi connectivity index (χ1n) is 7.30. The van der Waals surface area contributed by atoms with E-state index in [-0.39, 0.29) is 0 Å². The van der Waals surface area contributed by atoms with Gasteiger partial charge in [-0.1, -0.05) is 6.92 Å². The number of nitrogens with zero attached hydrogens (tertiary/aromatic N) is 3. The van der Waals surface area contributed by atoms with Gasteiger partial charge in [0, 0.05) is 37.4 Å². The van der Waals surface area contributed by atoms with Gasteiger partial charge in [0.2, 0.25) is 5.95 Å². The fourth-order valence-electron chi connectivity index (χ4n) is 2.22. The van der Waals surface area contributed by atoms with E-state index < -0.39 is 0 Å². The van der Waals surface area contributed by atoms with Crippen molar-refractivity contribution in [3.8, 4) is 0 Å². The molecule has 1 saturated carbocycles. The molecule has 0 radical (unpaired) electrons. The Morgan fingerprint density at radius 2 is 2.11 bits per heavy atom. The largest absolute Gasteiger partial charge is 0.368 e. The highest BCUT2D eigenvalue weighted by Crippen LogP contribution is 2.26. The van der Waals surface area contributed by atoms with Crippen LogP contribution in [-0.4, -0.2) is 47.1 Å². The average Bonchev–Trinajstić information content (AvgIpc) is 3.23. The first-order chi connectivity index (χ1) is 9.24. The molecule has 106 valence electrons. The van der Waals surface area contributed by atoms with Crippen LogP contribution in [0.25, 0.3) is 0 Å². The first-order valence-corrected chi connectivity index (χ1v) is 7.30. The number of likely N-dealkylation sites (N-methyl/N-ethyl adjacent to an activating group) is 1. The van der Waals surface area contributed by atoms with Crippen molar-refractivity contribution < 1.29 is 0 Å². The molecule has 2 N–H and O–H groups in total. The van der Waals surface area contributed by atoms with Crippen LogP contribution in [0.2, 0.25) is 0 Å². The number of nitrogens with one attached hydrogen (secondary N) is 2. The van der Waals surface area contributed by atoms with Gasteiger partial charge in [-0.05, 0) is 33.2 Å². The van der Waals surface area contributed by atoms with Crippen molar-refractivity contribution >= 4 is 11.8 Å². The Morgan fingerprint density at radius 3 is 2.74 bits per heavy atom. The molecular formula is C14H25N5. The average molecular weight is 263 g/mol. The quantitative estimate of drug-likeness (QED) is 0.752. The minimum atomic E-state index is 0.699. The van der Waals surface area contributed by atoms with E-state index in [4.69, 9.17) is 0 Å². The summed E-state index contributed by atoms with van der Waals surface area (Å²) in [5, 5.41) is 6.57. The molecule has 5 nitrogen and oxygen atoms in total. The van der Waals surface area contributed by atoms with Crippen molar-refractivity contribution in [2.24, 2.45) is 0 Å². The van der Waals surface area contributed by atoms with Crippen LogP contribution in [0, 0.1) is 6.92 Å². The molecule has 0 aromatic carbocycles. The third-order valence-electron chi connectivity index (χ3n) is 3.47. The van der Waals surface area contributed by atoms with Gasteiger partial charge in [-0.3, -0.25) is 4.90 Å². The normalized spacial score (nSPS) is 14.7. The van der Waals surface area contributed by atoms with Crippen LogP contribution in [0.4, 0.5) is 11.8 Å². The summed E-state index contributed by atoms with van der Waals surface area (Å²) in [6, 6.07) is 0.829. The van der Waals surface area contributed by atoms with E-state index >= 15 is 0 Å². The van der Waals surface area contributed by atoms with Gasteiger partial charge in [-0.2, -0.15) is 4.98 Å². The summed E-state index contributed by atoms with van der Waals surface area (Å²) >= 11 is 0. The van der Waals surface area contributed by atoms with Gasteiger partial charge in [-0.15, -0.1) is 0 Å². The Hall–Kier alpha value is -1.36. The number of aryl methyl sites for hydroxylation is 1. The highest BCUT2D eigenvalue weighted by molar-refractivity contribution is 5.46. The number of hydrogen-bond acceptors (Lipinski definition) is 5. The maximum atomic E-state index is 4.49. The van der Waals surface area contributed by atoms with Crippen LogP contribution in [0.1, 0.15) is 32.3 Å². The number of rotatable bonds is 8. The minimum absolute atomic E-state index is 0.699. The van der Waals surface area contributed by atoms with Crippen LogP contribution >= 0.6 is 0 Å². The summed E-state index contributed by atoms with van der Waals surface area (Å²) in [6.07, 6.45) is 4.60. The van der Waals surface area contributed by atoms with Crippen molar-refractivity contribution in [3.63, 3.8) is 0 Å². The molecule has 1 aliphatic rings. The van der Waals surface area contributed by atoms with Crippen LogP contribution < -0.4 is 10.6 Å². The number of aromatic nitrogens is 2. The maximum absolute atomic E-state index is 4.49. The molecule has 5 heteroatoms. The minimum Gasteiger partial charge on any atom is -0.368 e. The smallest absolute Gasteiger partial charge is 0.224 e. The third-order valence-corrected chi connectivity index (χ3v) is 3.47. The molecule has 0 aliphatic heterocycles. The van der Waals surface area contributed by atoms with Gasteiger partial charge in [0.15, 0.2) is 0 Å². The van der Waals surface area contributed by atoms with Gasteiger partial charge in [0.05, 0.1) is 0 Å². The van der Waals surface area contributed by atoms with Crippen LogP contribution in [-0.2, 0) is 0 Å². The van der Waals surface area contributed by atoms with Crippen LogP contribution in [0.5, 0.6) is 0 Å². The summed E-state index contributed by atoms with van der Waals surface area (Å²) in [5.41, 5.74) is 1.09. The molecule has 1 aromatic rings. The molecule has 0 spiro atoms. The first kappa shape index (κ1) is 14.1. The zero-order valence-corrected chi connectivity index (χ0v) is 12.2. The maximum Gasteiger partial charge on any atom is 0.224 e. The lowest BCUT2D eigenvalue weighted by Gasteiger charge is -2.20. The Labute approximate surface area is 115 Å². The molecule has 0 amide bonds. The van der Waals surface area contributed by atoms with E-state index in [9.17, 15) is 0 Å². The lowest BCUT2D eigenvalue weighted by molar-refractivity contribution is 0.289. The predicted octanol–water partition coefficient (Wildman–Crippen LogP) is 2.11. The summed E-state index contributed by atoms with van der Waals surface area (Å²) in [4.78, 5) is 11.3. The van der Waals surface area contributed by atoms with Crippen molar-refractivity contribution in [1.29, 1.82) is 0 Å². The Kier molecular flexibility index (Phi) is 4.96. The van der Waals surface area contributed by atoms with Gasteiger partial charge in [0.1, 0.15) is 5.82 Å². The molecule has 1 heterocycles. The molecule has 0 atom stereocenters. The highest BCUT2D eigenvalue weighted by Gasteiger charge is 2.27. The Balaban J connectivity index is 1.85. The molecule has 19 heavy (non-hydrogen) atoms. The number of hydrogen-bond donors (Lipinski definition) is 2. The molecule has 1 aromatic heterocycles. The Bertz CT molecular complexity index is 403. The van der Waals surface area contributed by atoms with E-state index in [1.54, 1.807) is 0 Å². The molecule has 0 bridgehead atoms. The summed E-state index contributed by atoms with van der Waals surface area (Å²) in [6.45, 7) is 10.3. The van der Waals surface area contributed by atoms with Gasteiger partial charge >= 0.3 is 0 Å². The van der Waals surface area contributed by atoms with Gasteiger partial charge in [0.25, 0.3) is 0 Å². The topological polar surface area (TPSA) is 53.1 Å². The van der Waals surface area contributed by atoms with E-state index in [2.05, 4.69) is 32.4 Å². The Morgan fingerprint density at radius 1 is 1.32 bits per heavy atom. The second-order valence-corrected chi connectivity index (χ2v) is 5.04. The van der Waals surface area contributed by atoms with Crippen molar-refractivity contribution in [1.82, 2.24) is 14.9 Å². The second-order valence-electron chi connectivity index (χ2n) is 5.04. The lowest BCUT2D eigenvalue weighted by Crippen LogP contribution is -2.31. The molecular weight excluding hydrogens is 238 g/mol. The summed E-state index contributed by atoms with van der Waals surface area (Å²) in [7, 11) is 0. The number of anilines is 2. The molecule has 2 rings (SSSR count). The SMILES string of the molecule is CCNc1ncc(C)c(NCCN(CC)C2CC2)n1. The van der Waals surface area contributed by atoms with Crippen LogP contribution in [0.15, 0.2) is 6.20 Å². The van der Waals surface area contributed by atoms with Crippen LogP contribution in [0.3, 0.4) is 0 Å². The van der Waals surface area contributed by atoms with E-state index in [1.165, 1.54) is 12.8 Å². The standard InChI is InChI=1S/C14H25N5/c1-4-15-14-17-10-11(3)13(18-14)16-8-9-19(5-2)12-6-7-12/h10,12H,4-9H2,1-3H3,(H2,15,16,17,18). The fraction of sp³-hybridized carbons (Fsp3) is 0.714. The van der Waals surface area contributed by atoms with Gasteiger partial charge < -0.3 is 10.6 Å². The summed E-state index contributed by atoms with van der Waals surface area (Å²) < 4.78 is 0. The monoisotopic (exact) mass is 263 g/mol. The fourth-order valence-corrected chi connectivity index (χ4v) is 2.22. The zero-order valence-electron chi connectivity index (χ0n) is 12.2. The van der Waals surface area contributed by atoms with E-state index in [1.807, 2.05) is 20.0 Å². The zero-order chi connectivity index (χ0) is 13.7.